The molecule has 2 saturated heterocycles. The number of aromatic nitrogens is 1. The van der Waals surface area contributed by atoms with E-state index in [-0.39, 0.29) is 90.6 Å². The van der Waals surface area contributed by atoms with Crippen molar-refractivity contribution in [2.24, 2.45) is 23.3 Å². The molecule has 5 N–H and O–H groups in total. The zero-order valence-corrected chi connectivity index (χ0v) is 26.6. The third-order valence-corrected chi connectivity index (χ3v) is 11.1. The lowest BCUT2D eigenvalue weighted by atomic mass is 9.77. The number of hydrogen-bond donors (Lipinski definition) is 3. The van der Waals surface area contributed by atoms with Crippen molar-refractivity contribution in [3.05, 3.63) is 47.1 Å². The van der Waals surface area contributed by atoms with Crippen LogP contribution in [-0.2, 0) is 25.5 Å². The van der Waals surface area contributed by atoms with Crippen molar-refractivity contribution in [1.29, 1.82) is 0 Å². The lowest BCUT2D eigenvalue weighted by molar-refractivity contribution is -0.129. The summed E-state index contributed by atoms with van der Waals surface area (Å²) in [5.74, 6) is -4.35. The van der Waals surface area contributed by atoms with Crippen LogP contribution in [0.25, 0.3) is 0 Å². The molecule has 45 heavy (non-hydrogen) atoms. The average molecular weight is 668 g/mol. The van der Waals surface area contributed by atoms with E-state index in [1.54, 1.807) is 21.9 Å². The van der Waals surface area contributed by atoms with Crippen molar-refractivity contribution in [3.63, 3.8) is 0 Å². The van der Waals surface area contributed by atoms with Crippen LogP contribution in [0.3, 0.4) is 0 Å². The highest BCUT2D eigenvalue weighted by atomic mass is 35.5. The van der Waals surface area contributed by atoms with E-state index < -0.39 is 21.9 Å². The molecule has 11 nitrogen and oxygen atoms in total. The smallest absolute Gasteiger partial charge is 0.276 e. The van der Waals surface area contributed by atoms with Crippen LogP contribution in [0.15, 0.2) is 41.3 Å². The van der Waals surface area contributed by atoms with Crippen LogP contribution in [0.2, 0.25) is 5.15 Å². The number of anilines is 2. The fourth-order valence-electron chi connectivity index (χ4n) is 6.34. The fraction of sp³-hybridized carbons (Fsp3) is 0.567. The molecule has 1 saturated carbocycles. The average Bonchev–Trinajstić information content (AvgIpc) is 3.38. The molecule has 1 aromatic carbocycles. The van der Waals surface area contributed by atoms with E-state index in [9.17, 15) is 18.0 Å². The minimum Gasteiger partial charge on any atom is -0.356 e. The first-order valence-electron chi connectivity index (χ1n) is 15.3. The second-order valence-corrected chi connectivity index (χ2v) is 14.3. The maximum atomic E-state index is 15.8. The van der Waals surface area contributed by atoms with Gasteiger partial charge in [-0.1, -0.05) is 11.6 Å². The molecule has 2 aliphatic heterocycles. The number of piperazine rings is 1. The number of nitrogens with two attached hydrogens (primary N) is 2. The van der Waals surface area contributed by atoms with Crippen LogP contribution in [0, 0.1) is 11.8 Å². The minimum atomic E-state index is -3.83. The number of nitrogens with zero attached hydrogens (tertiary/aromatic N) is 4. The molecule has 1 atom stereocenters. The van der Waals surface area contributed by atoms with Crippen LogP contribution in [0.1, 0.15) is 44.1 Å². The van der Waals surface area contributed by atoms with Crippen LogP contribution in [0.5, 0.6) is 0 Å². The van der Waals surface area contributed by atoms with E-state index >= 15 is 8.78 Å². The van der Waals surface area contributed by atoms with Gasteiger partial charge in [0, 0.05) is 74.8 Å². The highest BCUT2D eigenvalue weighted by Crippen LogP contribution is 2.46. The summed E-state index contributed by atoms with van der Waals surface area (Å²) in [5.41, 5.74) is 11.7. The number of pyridine rings is 1. The van der Waals surface area contributed by atoms with Crippen molar-refractivity contribution in [1.82, 2.24) is 14.6 Å². The van der Waals surface area contributed by atoms with E-state index in [0.29, 0.717) is 44.6 Å². The summed E-state index contributed by atoms with van der Waals surface area (Å²) in [6, 6.07) is 8.42. The van der Waals surface area contributed by atoms with Gasteiger partial charge in [0.15, 0.2) is 0 Å². The van der Waals surface area contributed by atoms with Gasteiger partial charge in [-0.3, -0.25) is 9.59 Å². The monoisotopic (exact) mass is 667 g/mol. The minimum absolute atomic E-state index is 0.0669. The Morgan fingerprint density at radius 2 is 1.73 bits per heavy atom. The predicted molar refractivity (Wildman–Crippen MR) is 168 cm³/mol. The molecular weight excluding hydrogens is 628 g/mol. The van der Waals surface area contributed by atoms with E-state index in [1.165, 1.54) is 28.6 Å². The molecule has 15 heteroatoms. The number of carbonyl (C=O) groups is 2. The van der Waals surface area contributed by atoms with Gasteiger partial charge in [-0.25, -0.2) is 22.2 Å². The zero-order chi connectivity index (χ0) is 32.4. The molecule has 3 heterocycles. The van der Waals surface area contributed by atoms with E-state index in [1.807, 2.05) is 0 Å². The van der Waals surface area contributed by atoms with Crippen molar-refractivity contribution in [3.8, 4) is 0 Å². The highest BCUT2D eigenvalue weighted by molar-refractivity contribution is 7.89. The summed E-state index contributed by atoms with van der Waals surface area (Å²) >= 11 is 6.23. The summed E-state index contributed by atoms with van der Waals surface area (Å²) < 4.78 is 59.6. The molecule has 5 rings (SSSR count). The molecule has 1 aromatic heterocycles. The molecule has 0 unspecified atom stereocenters. The molecule has 0 spiro atoms. The number of carbonyl (C=O) groups excluding carboxylic acids is 2. The lowest BCUT2D eigenvalue weighted by Gasteiger charge is -2.36. The van der Waals surface area contributed by atoms with Crippen molar-refractivity contribution in [2.75, 3.05) is 55.6 Å². The lowest BCUT2D eigenvalue weighted by Crippen LogP contribution is -2.49. The molecule has 3 fully saturated rings. The van der Waals surface area contributed by atoms with Crippen molar-refractivity contribution < 1.29 is 26.8 Å². The van der Waals surface area contributed by atoms with Gasteiger partial charge < -0.3 is 26.6 Å². The SMILES string of the molecule is NCCCNC(=O)C1CCC(C(F)(F)c2cc(Cl)nc(N3CCN(S(=O)(=O)c4ccc(N5C[C@H](N)CC5=O)cc4)CC3)c2)CC1. The summed E-state index contributed by atoms with van der Waals surface area (Å²) in [6.07, 6.45) is 2.09. The van der Waals surface area contributed by atoms with Crippen LogP contribution < -0.4 is 26.6 Å². The molecule has 0 bridgehead atoms. The standard InChI is InChI=1S/C30H40ClF2N7O4S/c31-26-16-22(30(32,33)21-4-2-20(3-5-21)29(42)36-11-1-10-34)17-27(37-26)38-12-14-39(15-13-38)45(43,44)25-8-6-24(7-9-25)40-19-23(35)18-28(40)41/h6-9,16-17,20-21,23H,1-5,10-15,18-19,34-35H2,(H,36,42)/t20?,21?,23-/m1/s1. The molecule has 2 aromatic rings. The number of alkyl halides is 2. The first-order chi connectivity index (χ1) is 21.4. The number of rotatable bonds is 10. The Hall–Kier alpha value is -2.91. The Bertz CT molecular complexity index is 1480. The van der Waals surface area contributed by atoms with E-state index in [4.69, 9.17) is 23.1 Å². The Morgan fingerprint density at radius 1 is 1.07 bits per heavy atom. The van der Waals surface area contributed by atoms with Gasteiger partial charge in [0.2, 0.25) is 21.8 Å². The number of sulfonamides is 1. The third kappa shape index (κ3) is 7.40. The largest absolute Gasteiger partial charge is 0.356 e. The van der Waals surface area contributed by atoms with E-state index in [2.05, 4.69) is 10.3 Å². The summed E-state index contributed by atoms with van der Waals surface area (Å²) in [5, 5.41) is 2.76. The maximum Gasteiger partial charge on any atom is 0.276 e. The van der Waals surface area contributed by atoms with Gasteiger partial charge in [0.25, 0.3) is 5.92 Å². The van der Waals surface area contributed by atoms with Gasteiger partial charge in [0.05, 0.1) is 4.90 Å². The topological polar surface area (TPSA) is 155 Å². The third-order valence-electron chi connectivity index (χ3n) is 8.96. The van der Waals surface area contributed by atoms with Gasteiger partial charge >= 0.3 is 0 Å². The van der Waals surface area contributed by atoms with Crippen LogP contribution in [0.4, 0.5) is 20.3 Å². The Morgan fingerprint density at radius 3 is 2.33 bits per heavy atom. The van der Waals surface area contributed by atoms with Crippen LogP contribution >= 0.6 is 11.6 Å². The molecule has 246 valence electrons. The van der Waals surface area contributed by atoms with Gasteiger partial charge in [-0.05, 0) is 75.0 Å². The highest BCUT2D eigenvalue weighted by Gasteiger charge is 2.44. The first kappa shape index (κ1) is 33.5. The number of halogens is 3. The molecular formula is C30H40ClF2N7O4S. The fourth-order valence-corrected chi connectivity index (χ4v) is 7.97. The maximum absolute atomic E-state index is 15.8. The Kier molecular flexibility index (Phi) is 10.3. The molecule has 1 aliphatic carbocycles. The second-order valence-electron chi connectivity index (χ2n) is 12.0. The van der Waals surface area contributed by atoms with Gasteiger partial charge in [-0.2, -0.15) is 4.31 Å². The molecule has 0 radical (unpaired) electrons. The number of nitrogens with one attached hydrogen (secondary N) is 1. The summed E-state index contributed by atoms with van der Waals surface area (Å²) in [4.78, 5) is 32.2. The normalized spacial score (nSPS) is 23.4. The summed E-state index contributed by atoms with van der Waals surface area (Å²) in [6.45, 7) is 2.06. The predicted octanol–water partition coefficient (Wildman–Crippen LogP) is 2.67. The quantitative estimate of drug-likeness (QED) is 0.258. The summed E-state index contributed by atoms with van der Waals surface area (Å²) in [7, 11) is -3.83. The number of hydrogen-bond acceptors (Lipinski definition) is 8. The Labute approximate surface area is 267 Å². The second kappa shape index (κ2) is 13.8. The van der Waals surface area contributed by atoms with Crippen LogP contribution in [-0.4, -0.2) is 81.4 Å². The molecule has 3 aliphatic rings. The van der Waals surface area contributed by atoms with Gasteiger partial charge in [-0.15, -0.1) is 0 Å². The Balaban J connectivity index is 1.20. The van der Waals surface area contributed by atoms with E-state index in [0.717, 1.165) is 0 Å². The zero-order valence-electron chi connectivity index (χ0n) is 25.0. The first-order valence-corrected chi connectivity index (χ1v) is 17.2. The van der Waals surface area contributed by atoms with Crippen molar-refractivity contribution >= 4 is 44.9 Å². The number of benzene rings is 1. The van der Waals surface area contributed by atoms with Gasteiger partial charge in [0.1, 0.15) is 11.0 Å². The van der Waals surface area contributed by atoms with Crippen molar-refractivity contribution in [2.45, 2.75) is 55.4 Å². The molecule has 2 amide bonds. The number of amides is 2.